The number of carboxylic acid groups (broad SMARTS) is 1. The number of benzene rings is 1. The van der Waals surface area contributed by atoms with Crippen molar-refractivity contribution in [3.05, 3.63) is 35.9 Å². The molecule has 0 amide bonds. The highest BCUT2D eigenvalue weighted by Crippen LogP contribution is 2.25. The van der Waals surface area contributed by atoms with E-state index in [1.165, 1.54) is 0 Å². The second kappa shape index (κ2) is 6.65. The van der Waals surface area contributed by atoms with Gasteiger partial charge >= 0.3 is 5.97 Å². The first-order valence-electron chi connectivity index (χ1n) is 6.34. The van der Waals surface area contributed by atoms with Crippen LogP contribution in [0, 0.1) is 0 Å². The Hall–Kier alpha value is -1.43. The maximum atomic E-state index is 11.3. The van der Waals surface area contributed by atoms with Crippen LogP contribution in [0.15, 0.2) is 30.3 Å². The molecule has 1 fully saturated rings. The molecule has 104 valence electrons. The third kappa shape index (κ3) is 3.32. The van der Waals surface area contributed by atoms with Crippen LogP contribution < -0.4 is 0 Å². The van der Waals surface area contributed by atoms with Gasteiger partial charge in [-0.3, -0.25) is 9.69 Å². The molecule has 0 radical (unpaired) electrons. The molecule has 1 aromatic rings. The van der Waals surface area contributed by atoms with Crippen molar-refractivity contribution in [3.63, 3.8) is 0 Å². The average Bonchev–Trinajstić information content (AvgIpc) is 2.45. The summed E-state index contributed by atoms with van der Waals surface area (Å²) in [6.45, 7) is 1.84. The molecule has 2 rings (SSSR count). The Balaban J connectivity index is 2.24. The van der Waals surface area contributed by atoms with Crippen LogP contribution in [-0.4, -0.2) is 55.5 Å². The van der Waals surface area contributed by atoms with Crippen LogP contribution in [0.5, 0.6) is 0 Å². The van der Waals surface area contributed by atoms with E-state index in [1.807, 2.05) is 35.2 Å². The van der Waals surface area contributed by atoms with Gasteiger partial charge in [0.2, 0.25) is 0 Å². The number of nitrogens with zero attached hydrogens (tertiary/aromatic N) is 1. The second-order valence-electron chi connectivity index (χ2n) is 4.55. The molecule has 1 aromatic carbocycles. The molecule has 1 aliphatic heterocycles. The minimum atomic E-state index is -0.850. The second-order valence-corrected chi connectivity index (χ2v) is 4.55. The maximum absolute atomic E-state index is 11.3. The lowest BCUT2D eigenvalue weighted by molar-refractivity contribution is -0.152. The Bertz CT molecular complexity index is 409. The molecule has 19 heavy (non-hydrogen) atoms. The van der Waals surface area contributed by atoms with E-state index in [0.717, 1.165) is 5.56 Å². The molecule has 0 spiro atoms. The van der Waals surface area contributed by atoms with E-state index in [9.17, 15) is 9.90 Å². The first-order valence-corrected chi connectivity index (χ1v) is 6.34. The highest BCUT2D eigenvalue weighted by molar-refractivity contribution is 5.73. The van der Waals surface area contributed by atoms with Gasteiger partial charge < -0.3 is 14.6 Å². The van der Waals surface area contributed by atoms with Gasteiger partial charge in [0.15, 0.2) is 0 Å². The molecule has 0 saturated carbocycles. The number of carbonyl (C=O) groups is 1. The Kier molecular flexibility index (Phi) is 4.90. The number of methoxy groups -OCH3 is 1. The lowest BCUT2D eigenvalue weighted by atomic mass is 10.0. The number of morpholine rings is 1. The van der Waals surface area contributed by atoms with Crippen LogP contribution in [0.25, 0.3) is 0 Å². The Labute approximate surface area is 112 Å². The summed E-state index contributed by atoms with van der Waals surface area (Å²) in [6.07, 6.45) is 0. The van der Waals surface area contributed by atoms with Gasteiger partial charge in [0.25, 0.3) is 0 Å². The van der Waals surface area contributed by atoms with Gasteiger partial charge in [0, 0.05) is 13.7 Å². The van der Waals surface area contributed by atoms with Crippen molar-refractivity contribution in [2.45, 2.75) is 12.1 Å². The highest BCUT2D eigenvalue weighted by atomic mass is 16.5. The fourth-order valence-electron chi connectivity index (χ4n) is 2.42. The van der Waals surface area contributed by atoms with Crippen molar-refractivity contribution in [2.75, 3.05) is 33.5 Å². The highest BCUT2D eigenvalue weighted by Gasteiger charge is 2.34. The SMILES string of the molecule is COCC(c1ccccc1)N1CCOCC1C(=O)O. The quantitative estimate of drug-likeness (QED) is 0.865. The van der Waals surface area contributed by atoms with Crippen LogP contribution in [0.1, 0.15) is 11.6 Å². The molecule has 0 bridgehead atoms. The smallest absolute Gasteiger partial charge is 0.323 e. The molecular formula is C14H19NO4. The van der Waals surface area contributed by atoms with Gasteiger partial charge in [-0.15, -0.1) is 0 Å². The molecule has 2 atom stereocenters. The van der Waals surface area contributed by atoms with Crippen molar-refractivity contribution in [1.29, 1.82) is 0 Å². The predicted molar refractivity (Wildman–Crippen MR) is 70.0 cm³/mol. The molecule has 1 heterocycles. The molecule has 2 unspecified atom stereocenters. The van der Waals surface area contributed by atoms with E-state index in [-0.39, 0.29) is 12.6 Å². The van der Waals surface area contributed by atoms with E-state index in [1.54, 1.807) is 7.11 Å². The molecule has 5 heteroatoms. The summed E-state index contributed by atoms with van der Waals surface area (Å²) in [7, 11) is 1.63. The summed E-state index contributed by atoms with van der Waals surface area (Å²) < 4.78 is 10.5. The topological polar surface area (TPSA) is 59.0 Å². The van der Waals surface area contributed by atoms with Crippen molar-refractivity contribution < 1.29 is 19.4 Å². The van der Waals surface area contributed by atoms with E-state index in [4.69, 9.17) is 9.47 Å². The Morgan fingerprint density at radius 2 is 2.26 bits per heavy atom. The van der Waals surface area contributed by atoms with Gasteiger partial charge in [0.1, 0.15) is 6.04 Å². The predicted octanol–water partition coefficient (Wildman–Crippen LogP) is 1.16. The first kappa shape index (κ1) is 14.0. The summed E-state index contributed by atoms with van der Waals surface area (Å²) in [5, 5.41) is 9.31. The van der Waals surface area contributed by atoms with Crippen LogP contribution in [0.4, 0.5) is 0 Å². The molecule has 5 nitrogen and oxygen atoms in total. The average molecular weight is 265 g/mol. The van der Waals surface area contributed by atoms with Crippen molar-refractivity contribution in [1.82, 2.24) is 4.90 Å². The zero-order valence-corrected chi connectivity index (χ0v) is 11.0. The molecule has 0 aromatic heterocycles. The van der Waals surface area contributed by atoms with Crippen LogP contribution in [0.2, 0.25) is 0 Å². The zero-order chi connectivity index (χ0) is 13.7. The Morgan fingerprint density at radius 3 is 2.89 bits per heavy atom. The van der Waals surface area contributed by atoms with Crippen molar-refractivity contribution in [3.8, 4) is 0 Å². The Morgan fingerprint density at radius 1 is 1.53 bits per heavy atom. The lowest BCUT2D eigenvalue weighted by Crippen LogP contribution is -2.52. The minimum absolute atomic E-state index is 0.0591. The van der Waals surface area contributed by atoms with E-state index >= 15 is 0 Å². The third-order valence-electron chi connectivity index (χ3n) is 3.36. The summed E-state index contributed by atoms with van der Waals surface area (Å²) in [5.74, 6) is -0.850. The van der Waals surface area contributed by atoms with Crippen LogP contribution in [0.3, 0.4) is 0 Å². The minimum Gasteiger partial charge on any atom is -0.480 e. The molecule has 1 saturated heterocycles. The van der Waals surface area contributed by atoms with Gasteiger partial charge in [-0.25, -0.2) is 0 Å². The summed E-state index contributed by atoms with van der Waals surface area (Å²) in [6, 6.07) is 9.17. The summed E-state index contributed by atoms with van der Waals surface area (Å²) in [5.41, 5.74) is 1.07. The first-order chi connectivity index (χ1) is 9.24. The number of ether oxygens (including phenoxy) is 2. The van der Waals surface area contributed by atoms with Crippen LogP contribution in [-0.2, 0) is 14.3 Å². The van der Waals surface area contributed by atoms with Crippen molar-refractivity contribution >= 4 is 5.97 Å². The molecule has 1 aliphatic rings. The number of hydrogen-bond acceptors (Lipinski definition) is 4. The maximum Gasteiger partial charge on any atom is 0.323 e. The standard InChI is InChI=1S/C14H19NO4/c1-18-9-12(11-5-3-2-4-6-11)15-7-8-19-10-13(15)14(16)17/h2-6,12-13H,7-10H2,1H3,(H,16,17). The van der Waals surface area contributed by atoms with E-state index in [2.05, 4.69) is 0 Å². The number of rotatable bonds is 5. The number of aliphatic carboxylic acids is 1. The fraction of sp³-hybridized carbons (Fsp3) is 0.500. The lowest BCUT2D eigenvalue weighted by Gasteiger charge is -2.38. The van der Waals surface area contributed by atoms with Gasteiger partial charge in [0.05, 0.1) is 25.9 Å². The number of carboxylic acids is 1. The summed E-state index contributed by atoms with van der Waals surface area (Å²) in [4.78, 5) is 13.3. The number of hydrogen-bond donors (Lipinski definition) is 1. The zero-order valence-electron chi connectivity index (χ0n) is 11.0. The monoisotopic (exact) mass is 265 g/mol. The normalized spacial score (nSPS) is 22.1. The van der Waals surface area contributed by atoms with Gasteiger partial charge in [-0.1, -0.05) is 30.3 Å². The van der Waals surface area contributed by atoms with Gasteiger partial charge in [-0.05, 0) is 5.56 Å². The third-order valence-corrected chi connectivity index (χ3v) is 3.36. The molecule has 0 aliphatic carbocycles. The van der Waals surface area contributed by atoms with Crippen LogP contribution >= 0.6 is 0 Å². The van der Waals surface area contributed by atoms with E-state index < -0.39 is 12.0 Å². The van der Waals surface area contributed by atoms with E-state index in [0.29, 0.717) is 19.8 Å². The van der Waals surface area contributed by atoms with Crippen molar-refractivity contribution in [2.24, 2.45) is 0 Å². The molecular weight excluding hydrogens is 246 g/mol. The molecule has 1 N–H and O–H groups in total. The van der Waals surface area contributed by atoms with Gasteiger partial charge in [-0.2, -0.15) is 0 Å². The fourth-order valence-corrected chi connectivity index (χ4v) is 2.42. The largest absolute Gasteiger partial charge is 0.480 e. The summed E-state index contributed by atoms with van der Waals surface area (Å²) >= 11 is 0.